The summed E-state index contributed by atoms with van der Waals surface area (Å²) in [4.78, 5) is 0. The van der Waals surface area contributed by atoms with Gasteiger partial charge in [-0.05, 0) is 12.5 Å². The average Bonchev–Trinajstić information content (AvgIpc) is 2.96. The third-order valence-corrected chi connectivity index (χ3v) is 5.45. The fourth-order valence-corrected chi connectivity index (χ4v) is 4.30. The summed E-state index contributed by atoms with van der Waals surface area (Å²) in [6.07, 6.45) is 4.23. The summed E-state index contributed by atoms with van der Waals surface area (Å²) in [5.74, 6) is 0.426. The van der Waals surface area contributed by atoms with E-state index in [0.29, 0.717) is 11.4 Å². The summed E-state index contributed by atoms with van der Waals surface area (Å²) >= 11 is 6.14. The molecule has 1 aromatic carbocycles. The van der Waals surface area contributed by atoms with Crippen molar-refractivity contribution in [2.75, 3.05) is 11.5 Å². The Kier molecular flexibility index (Phi) is 3.11. The van der Waals surface area contributed by atoms with Crippen LogP contribution in [0.25, 0.3) is 11.1 Å². The first-order chi connectivity index (χ1) is 9.05. The number of hydrogen-bond acceptors (Lipinski definition) is 3. The third kappa shape index (κ3) is 2.53. The van der Waals surface area contributed by atoms with E-state index in [4.69, 9.17) is 11.6 Å². The monoisotopic (exact) mass is 296 g/mol. The number of sulfone groups is 1. The van der Waals surface area contributed by atoms with Gasteiger partial charge in [0.15, 0.2) is 9.84 Å². The summed E-state index contributed by atoms with van der Waals surface area (Å²) in [5.41, 5.74) is 1.83. The standard InChI is InChI=1S/C13H13ClN2O2S/c14-13-4-2-1-3-12(13)10-7-15-16(8-10)11-5-6-19(17,18)9-11/h1-4,7-8,11H,5-6,9H2. The molecule has 1 aliphatic heterocycles. The van der Waals surface area contributed by atoms with Crippen LogP contribution in [0.15, 0.2) is 36.7 Å². The molecule has 2 aromatic rings. The van der Waals surface area contributed by atoms with E-state index in [1.807, 2.05) is 30.5 Å². The Balaban J connectivity index is 1.91. The van der Waals surface area contributed by atoms with Gasteiger partial charge in [0, 0.05) is 22.3 Å². The minimum Gasteiger partial charge on any atom is -0.268 e. The van der Waals surface area contributed by atoms with Crippen LogP contribution < -0.4 is 0 Å². The molecule has 0 amide bonds. The summed E-state index contributed by atoms with van der Waals surface area (Å²) in [7, 11) is -2.89. The van der Waals surface area contributed by atoms with Crippen molar-refractivity contribution in [1.29, 1.82) is 0 Å². The summed E-state index contributed by atoms with van der Waals surface area (Å²) in [6.45, 7) is 0. The predicted molar refractivity (Wildman–Crippen MR) is 75.0 cm³/mol. The molecule has 0 radical (unpaired) electrons. The van der Waals surface area contributed by atoms with Gasteiger partial charge in [0.25, 0.3) is 0 Å². The van der Waals surface area contributed by atoms with E-state index in [0.717, 1.165) is 11.1 Å². The fourth-order valence-electron chi connectivity index (χ4n) is 2.36. The molecule has 0 spiro atoms. The zero-order valence-electron chi connectivity index (χ0n) is 10.2. The van der Waals surface area contributed by atoms with Crippen LogP contribution in [0.4, 0.5) is 0 Å². The van der Waals surface area contributed by atoms with E-state index in [-0.39, 0.29) is 17.5 Å². The van der Waals surface area contributed by atoms with Crippen LogP contribution in [0.3, 0.4) is 0 Å². The topological polar surface area (TPSA) is 52.0 Å². The first-order valence-electron chi connectivity index (χ1n) is 6.05. The molecule has 6 heteroatoms. The number of nitrogens with zero attached hydrogens (tertiary/aromatic N) is 2. The molecule has 3 rings (SSSR count). The smallest absolute Gasteiger partial charge is 0.152 e. The SMILES string of the molecule is O=S1(=O)CCC(n2cc(-c3ccccc3Cl)cn2)C1. The van der Waals surface area contributed by atoms with Crippen molar-refractivity contribution in [1.82, 2.24) is 9.78 Å². The largest absolute Gasteiger partial charge is 0.268 e. The van der Waals surface area contributed by atoms with Crippen molar-refractivity contribution in [3.05, 3.63) is 41.7 Å². The maximum Gasteiger partial charge on any atom is 0.152 e. The molecule has 100 valence electrons. The quantitative estimate of drug-likeness (QED) is 0.856. The van der Waals surface area contributed by atoms with Crippen molar-refractivity contribution in [2.24, 2.45) is 0 Å². The van der Waals surface area contributed by atoms with Crippen LogP contribution in [-0.2, 0) is 9.84 Å². The Morgan fingerprint density at radius 3 is 2.79 bits per heavy atom. The normalized spacial score (nSPS) is 21.6. The lowest BCUT2D eigenvalue weighted by atomic mass is 10.1. The van der Waals surface area contributed by atoms with E-state index in [1.54, 1.807) is 10.9 Å². The molecule has 4 nitrogen and oxygen atoms in total. The highest BCUT2D eigenvalue weighted by Crippen LogP contribution is 2.29. The number of hydrogen-bond donors (Lipinski definition) is 0. The lowest BCUT2D eigenvalue weighted by Gasteiger charge is -2.07. The van der Waals surface area contributed by atoms with Crippen LogP contribution in [-0.4, -0.2) is 29.7 Å². The van der Waals surface area contributed by atoms with Gasteiger partial charge in [0.05, 0.1) is 23.7 Å². The second-order valence-electron chi connectivity index (χ2n) is 4.75. The molecule has 0 N–H and O–H groups in total. The average molecular weight is 297 g/mol. The Bertz CT molecular complexity index is 709. The molecule has 0 bridgehead atoms. The van der Waals surface area contributed by atoms with Gasteiger partial charge >= 0.3 is 0 Å². The Hall–Kier alpha value is -1.33. The second kappa shape index (κ2) is 4.65. The van der Waals surface area contributed by atoms with E-state index in [2.05, 4.69) is 5.10 Å². The van der Waals surface area contributed by atoms with E-state index >= 15 is 0 Å². The Morgan fingerprint density at radius 1 is 1.32 bits per heavy atom. The molecule has 1 unspecified atom stereocenters. The van der Waals surface area contributed by atoms with Crippen LogP contribution in [0, 0.1) is 0 Å². The number of rotatable bonds is 2. The Labute approximate surface area is 116 Å². The van der Waals surface area contributed by atoms with Crippen molar-refractivity contribution in [3.8, 4) is 11.1 Å². The molecular weight excluding hydrogens is 284 g/mol. The fraction of sp³-hybridized carbons (Fsp3) is 0.308. The summed E-state index contributed by atoms with van der Waals surface area (Å²) < 4.78 is 24.7. The third-order valence-electron chi connectivity index (χ3n) is 3.37. The van der Waals surface area contributed by atoms with Gasteiger partial charge in [0.1, 0.15) is 0 Å². The zero-order chi connectivity index (χ0) is 13.5. The maximum atomic E-state index is 11.5. The number of aromatic nitrogens is 2. The second-order valence-corrected chi connectivity index (χ2v) is 7.38. The molecule has 1 atom stereocenters. The molecule has 1 fully saturated rings. The molecule has 19 heavy (non-hydrogen) atoms. The predicted octanol–water partition coefficient (Wildman–Crippen LogP) is 2.56. The maximum absolute atomic E-state index is 11.5. The van der Waals surface area contributed by atoms with Gasteiger partial charge in [0.2, 0.25) is 0 Å². The lowest BCUT2D eigenvalue weighted by Crippen LogP contribution is -2.11. The van der Waals surface area contributed by atoms with Gasteiger partial charge in [-0.2, -0.15) is 5.10 Å². The van der Waals surface area contributed by atoms with Gasteiger partial charge in [-0.3, -0.25) is 4.68 Å². The number of benzene rings is 1. The molecule has 1 aromatic heterocycles. The van der Waals surface area contributed by atoms with E-state index in [9.17, 15) is 8.42 Å². The Morgan fingerprint density at radius 2 is 2.11 bits per heavy atom. The highest BCUT2D eigenvalue weighted by Gasteiger charge is 2.29. The lowest BCUT2D eigenvalue weighted by molar-refractivity contribution is 0.500. The van der Waals surface area contributed by atoms with Crippen LogP contribution in [0.1, 0.15) is 12.5 Å². The highest BCUT2D eigenvalue weighted by atomic mass is 35.5. The van der Waals surface area contributed by atoms with E-state index < -0.39 is 9.84 Å². The first kappa shape index (κ1) is 12.7. The van der Waals surface area contributed by atoms with Crippen LogP contribution in [0.5, 0.6) is 0 Å². The van der Waals surface area contributed by atoms with Gasteiger partial charge in [-0.15, -0.1) is 0 Å². The molecule has 1 aliphatic rings. The van der Waals surface area contributed by atoms with Gasteiger partial charge in [-0.1, -0.05) is 29.8 Å². The van der Waals surface area contributed by atoms with Crippen molar-refractivity contribution in [2.45, 2.75) is 12.5 Å². The molecule has 0 aliphatic carbocycles. The van der Waals surface area contributed by atoms with Crippen molar-refractivity contribution in [3.63, 3.8) is 0 Å². The molecular formula is C13H13ClN2O2S. The minimum absolute atomic E-state index is 0.0544. The van der Waals surface area contributed by atoms with Crippen molar-refractivity contribution < 1.29 is 8.42 Å². The molecule has 2 heterocycles. The highest BCUT2D eigenvalue weighted by molar-refractivity contribution is 7.91. The molecule has 0 saturated carbocycles. The minimum atomic E-state index is -2.89. The van der Waals surface area contributed by atoms with Gasteiger partial charge in [-0.25, -0.2) is 8.42 Å². The number of halogens is 1. The van der Waals surface area contributed by atoms with Crippen molar-refractivity contribution >= 4 is 21.4 Å². The van der Waals surface area contributed by atoms with Gasteiger partial charge < -0.3 is 0 Å². The first-order valence-corrected chi connectivity index (χ1v) is 8.24. The van der Waals surface area contributed by atoms with Crippen LogP contribution >= 0.6 is 11.6 Å². The van der Waals surface area contributed by atoms with Crippen LogP contribution in [0.2, 0.25) is 5.02 Å². The van der Waals surface area contributed by atoms with E-state index in [1.165, 1.54) is 0 Å². The summed E-state index contributed by atoms with van der Waals surface area (Å²) in [5, 5.41) is 4.94. The zero-order valence-corrected chi connectivity index (χ0v) is 11.7. The molecule has 1 saturated heterocycles. The summed E-state index contributed by atoms with van der Waals surface area (Å²) in [6, 6.07) is 7.49.